The Kier molecular flexibility index (Phi) is 4.06. The van der Waals surface area contributed by atoms with Crippen LogP contribution >= 0.6 is 0 Å². The van der Waals surface area contributed by atoms with Crippen molar-refractivity contribution < 1.29 is 4.79 Å². The van der Waals surface area contributed by atoms with Gasteiger partial charge in [0.15, 0.2) is 0 Å². The molecule has 1 saturated heterocycles. The van der Waals surface area contributed by atoms with Gasteiger partial charge in [-0.2, -0.15) is 0 Å². The molecule has 0 aromatic rings. The minimum absolute atomic E-state index is 0.209. The Morgan fingerprint density at radius 3 is 2.48 bits per heavy atom. The van der Waals surface area contributed by atoms with Crippen molar-refractivity contribution in [2.24, 2.45) is 17.8 Å². The van der Waals surface area contributed by atoms with Gasteiger partial charge >= 0.3 is 0 Å². The third-order valence-corrected chi connectivity index (χ3v) is 6.52. The molecule has 3 aliphatic rings. The number of amides is 1. The molecule has 0 aromatic heterocycles. The summed E-state index contributed by atoms with van der Waals surface area (Å²) >= 11 is 0. The lowest BCUT2D eigenvalue weighted by molar-refractivity contribution is -0.136. The second-order valence-electron chi connectivity index (χ2n) is 8.01. The van der Waals surface area contributed by atoms with Gasteiger partial charge in [0, 0.05) is 6.04 Å². The Hall–Kier alpha value is -0.570. The molecular weight excluding hydrogens is 260 g/mol. The van der Waals surface area contributed by atoms with Crippen LogP contribution in [0.2, 0.25) is 0 Å². The monoisotopic (exact) mass is 292 g/mol. The second-order valence-corrected chi connectivity index (χ2v) is 8.01. The van der Waals surface area contributed by atoms with Gasteiger partial charge in [-0.1, -0.05) is 47.0 Å². The van der Waals surface area contributed by atoms with Crippen LogP contribution in [0.25, 0.3) is 0 Å². The van der Waals surface area contributed by atoms with Crippen LogP contribution in [0.1, 0.15) is 72.6 Å². The van der Waals surface area contributed by atoms with Gasteiger partial charge in [-0.25, -0.2) is 0 Å². The highest BCUT2D eigenvalue weighted by atomic mass is 16.2. The van der Waals surface area contributed by atoms with Crippen LogP contribution in [0.15, 0.2) is 0 Å². The number of carbonyl (C=O) groups is 1. The number of carbonyl (C=O) groups excluding carboxylic acids is 1. The van der Waals surface area contributed by atoms with E-state index < -0.39 is 0 Å². The number of nitrogens with zero attached hydrogens (tertiary/aromatic N) is 1. The molecule has 2 saturated carbocycles. The van der Waals surface area contributed by atoms with Crippen LogP contribution in [0, 0.1) is 17.8 Å². The van der Waals surface area contributed by atoms with Crippen molar-refractivity contribution in [3.8, 4) is 0 Å². The van der Waals surface area contributed by atoms with Crippen molar-refractivity contribution in [3.63, 3.8) is 0 Å². The number of rotatable bonds is 3. The van der Waals surface area contributed by atoms with Crippen LogP contribution in [-0.4, -0.2) is 28.6 Å². The van der Waals surface area contributed by atoms with E-state index in [0.29, 0.717) is 23.8 Å². The molecule has 1 amide bonds. The van der Waals surface area contributed by atoms with Gasteiger partial charge < -0.3 is 4.90 Å². The molecule has 1 heterocycles. The lowest BCUT2D eigenvalue weighted by atomic mass is 9.91. The van der Waals surface area contributed by atoms with E-state index in [-0.39, 0.29) is 11.7 Å². The molecule has 1 spiro atoms. The summed E-state index contributed by atoms with van der Waals surface area (Å²) in [6.45, 7) is 9.17. The standard InChI is InChI=1S/C18H32N2O/c1-5-14-8-9-15(13(14)4)20-16(12(2)3)19-18(17(20)21)10-6-7-11-18/h12-16,19H,5-11H2,1-4H3. The average Bonchev–Trinajstić information content (AvgIpc) is 3.12. The van der Waals surface area contributed by atoms with E-state index in [2.05, 4.69) is 37.9 Å². The van der Waals surface area contributed by atoms with E-state index in [0.717, 1.165) is 18.8 Å². The van der Waals surface area contributed by atoms with Crippen LogP contribution in [0.4, 0.5) is 0 Å². The fourth-order valence-electron chi connectivity index (χ4n) is 5.16. The van der Waals surface area contributed by atoms with Crippen molar-refractivity contribution in [2.45, 2.75) is 90.4 Å². The highest BCUT2D eigenvalue weighted by Crippen LogP contribution is 2.44. The first kappa shape index (κ1) is 15.3. The van der Waals surface area contributed by atoms with E-state index in [1.54, 1.807) is 0 Å². The van der Waals surface area contributed by atoms with E-state index in [4.69, 9.17) is 0 Å². The first-order valence-corrected chi connectivity index (χ1v) is 9.10. The molecule has 1 N–H and O–H groups in total. The Labute approximate surface area is 129 Å². The van der Waals surface area contributed by atoms with Gasteiger partial charge in [0.05, 0.1) is 11.7 Å². The lowest BCUT2D eigenvalue weighted by Crippen LogP contribution is -2.48. The van der Waals surface area contributed by atoms with Gasteiger partial charge in [0.2, 0.25) is 5.91 Å². The predicted molar refractivity (Wildman–Crippen MR) is 85.8 cm³/mol. The third kappa shape index (κ3) is 2.32. The fourth-order valence-corrected chi connectivity index (χ4v) is 5.16. The summed E-state index contributed by atoms with van der Waals surface area (Å²) in [5.41, 5.74) is -0.209. The van der Waals surface area contributed by atoms with Gasteiger partial charge in [0.1, 0.15) is 0 Å². The van der Waals surface area contributed by atoms with E-state index in [1.807, 2.05) is 0 Å². The molecule has 120 valence electrons. The quantitative estimate of drug-likeness (QED) is 0.863. The second kappa shape index (κ2) is 5.57. The summed E-state index contributed by atoms with van der Waals surface area (Å²) in [4.78, 5) is 15.5. The molecule has 3 fully saturated rings. The number of hydrogen-bond acceptors (Lipinski definition) is 2. The van der Waals surface area contributed by atoms with E-state index in [1.165, 1.54) is 32.1 Å². The van der Waals surface area contributed by atoms with Gasteiger partial charge in [-0.3, -0.25) is 10.1 Å². The first-order chi connectivity index (χ1) is 10.00. The summed E-state index contributed by atoms with van der Waals surface area (Å²) in [6.07, 6.45) is 8.50. The topological polar surface area (TPSA) is 32.3 Å². The van der Waals surface area contributed by atoms with Crippen LogP contribution in [-0.2, 0) is 4.79 Å². The van der Waals surface area contributed by atoms with Crippen LogP contribution in [0.5, 0.6) is 0 Å². The Bertz CT molecular complexity index is 400. The van der Waals surface area contributed by atoms with Crippen LogP contribution < -0.4 is 5.32 Å². The highest BCUT2D eigenvalue weighted by molar-refractivity contribution is 5.89. The summed E-state index contributed by atoms with van der Waals surface area (Å²) in [6, 6.07) is 0.460. The summed E-state index contributed by atoms with van der Waals surface area (Å²) < 4.78 is 0. The van der Waals surface area contributed by atoms with Crippen molar-refractivity contribution in [3.05, 3.63) is 0 Å². The van der Waals surface area contributed by atoms with E-state index in [9.17, 15) is 4.79 Å². The zero-order valence-electron chi connectivity index (χ0n) is 14.2. The SMILES string of the molecule is CCC1CCC(N2C(=O)C3(CCCC3)NC2C(C)C)C1C. The van der Waals surface area contributed by atoms with Crippen LogP contribution in [0.3, 0.4) is 0 Å². The molecule has 3 rings (SSSR count). The maximum Gasteiger partial charge on any atom is 0.244 e. The molecule has 0 radical (unpaired) electrons. The Balaban J connectivity index is 1.86. The normalized spacial score (nSPS) is 39.1. The maximum absolute atomic E-state index is 13.2. The molecule has 0 bridgehead atoms. The summed E-state index contributed by atoms with van der Waals surface area (Å²) in [5, 5.41) is 3.77. The van der Waals surface area contributed by atoms with Gasteiger partial charge in [-0.15, -0.1) is 0 Å². The van der Waals surface area contributed by atoms with Crippen molar-refractivity contribution in [1.29, 1.82) is 0 Å². The summed E-state index contributed by atoms with van der Waals surface area (Å²) in [7, 11) is 0. The van der Waals surface area contributed by atoms with Gasteiger partial charge in [0.25, 0.3) is 0 Å². The maximum atomic E-state index is 13.2. The Morgan fingerprint density at radius 1 is 1.29 bits per heavy atom. The zero-order chi connectivity index (χ0) is 15.2. The van der Waals surface area contributed by atoms with E-state index >= 15 is 0 Å². The highest BCUT2D eigenvalue weighted by Gasteiger charge is 2.56. The smallest absolute Gasteiger partial charge is 0.244 e. The average molecular weight is 292 g/mol. The Morgan fingerprint density at radius 2 is 1.95 bits per heavy atom. The van der Waals surface area contributed by atoms with Crippen molar-refractivity contribution >= 4 is 5.91 Å². The minimum atomic E-state index is -0.209. The largest absolute Gasteiger partial charge is 0.322 e. The molecule has 4 unspecified atom stereocenters. The lowest BCUT2D eigenvalue weighted by Gasteiger charge is -2.35. The molecule has 2 aliphatic carbocycles. The number of hydrogen-bond donors (Lipinski definition) is 1. The molecular formula is C18H32N2O. The molecule has 0 aromatic carbocycles. The van der Waals surface area contributed by atoms with Gasteiger partial charge in [-0.05, 0) is 43.4 Å². The molecule has 21 heavy (non-hydrogen) atoms. The summed E-state index contributed by atoms with van der Waals surface area (Å²) in [5.74, 6) is 2.36. The van der Waals surface area contributed by atoms with Crippen molar-refractivity contribution in [2.75, 3.05) is 0 Å². The third-order valence-electron chi connectivity index (χ3n) is 6.52. The molecule has 3 nitrogen and oxygen atoms in total. The number of nitrogens with one attached hydrogen (secondary N) is 1. The molecule has 1 aliphatic heterocycles. The molecule has 3 heteroatoms. The fraction of sp³-hybridized carbons (Fsp3) is 0.944. The zero-order valence-corrected chi connectivity index (χ0v) is 14.2. The minimum Gasteiger partial charge on any atom is -0.322 e. The first-order valence-electron chi connectivity index (χ1n) is 9.10. The predicted octanol–water partition coefficient (Wildman–Crippen LogP) is 3.54. The molecule has 4 atom stereocenters. The van der Waals surface area contributed by atoms with Crippen molar-refractivity contribution in [1.82, 2.24) is 10.2 Å².